The van der Waals surface area contributed by atoms with E-state index in [1.807, 2.05) is 18.2 Å². The summed E-state index contributed by atoms with van der Waals surface area (Å²) in [5.41, 5.74) is 0.863. The standard InChI is InChI=1S/C15H21N5O2/c1-21-13-7-6-12(10-14(13)22-2)15-16-18-20(17-15)11-19-8-4-3-5-9-19/h6-7,10H,3-5,8-9,11H2,1-2H3. The van der Waals surface area contributed by atoms with Crippen LogP contribution in [0.25, 0.3) is 11.4 Å². The highest BCUT2D eigenvalue weighted by Crippen LogP contribution is 2.30. The molecule has 0 atom stereocenters. The molecule has 2 aromatic rings. The van der Waals surface area contributed by atoms with Crippen LogP contribution in [0, 0.1) is 0 Å². The lowest BCUT2D eigenvalue weighted by molar-refractivity contribution is 0.161. The van der Waals surface area contributed by atoms with E-state index in [0.29, 0.717) is 24.0 Å². The van der Waals surface area contributed by atoms with Crippen LogP contribution in [0.5, 0.6) is 11.5 Å². The molecular weight excluding hydrogens is 282 g/mol. The fourth-order valence-electron chi connectivity index (χ4n) is 2.67. The van der Waals surface area contributed by atoms with Gasteiger partial charge in [0.2, 0.25) is 5.82 Å². The summed E-state index contributed by atoms with van der Waals surface area (Å²) in [5.74, 6) is 1.94. The molecule has 1 aliphatic heterocycles. The average Bonchev–Trinajstić information content (AvgIpc) is 3.03. The van der Waals surface area contributed by atoms with E-state index < -0.39 is 0 Å². The van der Waals surface area contributed by atoms with Gasteiger partial charge in [-0.1, -0.05) is 6.42 Å². The maximum absolute atomic E-state index is 5.31. The van der Waals surface area contributed by atoms with Gasteiger partial charge in [-0.2, -0.15) is 0 Å². The maximum Gasteiger partial charge on any atom is 0.205 e. The predicted octanol–water partition coefficient (Wildman–Crippen LogP) is 1.80. The Labute approximate surface area is 129 Å². The van der Waals surface area contributed by atoms with Gasteiger partial charge in [0.1, 0.15) is 6.67 Å². The second-order valence-electron chi connectivity index (χ2n) is 5.38. The molecule has 7 heteroatoms. The summed E-state index contributed by atoms with van der Waals surface area (Å²) in [6.45, 7) is 2.90. The molecule has 0 aliphatic carbocycles. The topological polar surface area (TPSA) is 65.3 Å². The Kier molecular flexibility index (Phi) is 4.53. The zero-order valence-corrected chi connectivity index (χ0v) is 13.0. The number of piperidine rings is 1. The SMILES string of the molecule is COc1ccc(-c2nnn(CN3CCCCC3)n2)cc1OC. The maximum atomic E-state index is 5.31. The van der Waals surface area contributed by atoms with E-state index in [-0.39, 0.29) is 0 Å². The molecule has 0 radical (unpaired) electrons. The predicted molar refractivity (Wildman–Crippen MR) is 81.8 cm³/mol. The lowest BCUT2D eigenvalue weighted by Crippen LogP contribution is -2.32. The van der Waals surface area contributed by atoms with Crippen molar-refractivity contribution in [2.24, 2.45) is 0 Å². The first-order valence-corrected chi connectivity index (χ1v) is 7.52. The minimum Gasteiger partial charge on any atom is -0.493 e. The second-order valence-corrected chi connectivity index (χ2v) is 5.38. The molecule has 22 heavy (non-hydrogen) atoms. The van der Waals surface area contributed by atoms with Crippen molar-refractivity contribution >= 4 is 0 Å². The molecule has 1 aromatic carbocycles. The molecule has 2 heterocycles. The van der Waals surface area contributed by atoms with Crippen molar-refractivity contribution in [3.05, 3.63) is 18.2 Å². The van der Waals surface area contributed by atoms with Crippen molar-refractivity contribution in [2.75, 3.05) is 27.3 Å². The van der Waals surface area contributed by atoms with Gasteiger partial charge in [0.15, 0.2) is 11.5 Å². The lowest BCUT2D eigenvalue weighted by Gasteiger charge is -2.25. The van der Waals surface area contributed by atoms with Crippen molar-refractivity contribution < 1.29 is 9.47 Å². The first-order chi connectivity index (χ1) is 10.8. The molecule has 1 aliphatic rings. The van der Waals surface area contributed by atoms with E-state index in [0.717, 1.165) is 18.7 Å². The van der Waals surface area contributed by atoms with Crippen molar-refractivity contribution in [3.8, 4) is 22.9 Å². The highest BCUT2D eigenvalue weighted by molar-refractivity contribution is 5.60. The first-order valence-electron chi connectivity index (χ1n) is 7.52. The van der Waals surface area contributed by atoms with Gasteiger partial charge in [-0.3, -0.25) is 4.90 Å². The molecule has 3 rings (SSSR count). The van der Waals surface area contributed by atoms with Crippen LogP contribution in [0.4, 0.5) is 0 Å². The van der Waals surface area contributed by atoms with Gasteiger partial charge in [-0.15, -0.1) is 15.0 Å². The lowest BCUT2D eigenvalue weighted by atomic mass is 10.1. The number of hydrogen-bond donors (Lipinski definition) is 0. The number of likely N-dealkylation sites (tertiary alicyclic amines) is 1. The molecule has 1 saturated heterocycles. The molecule has 0 spiro atoms. The van der Waals surface area contributed by atoms with Gasteiger partial charge >= 0.3 is 0 Å². The van der Waals surface area contributed by atoms with Gasteiger partial charge in [0, 0.05) is 5.56 Å². The average molecular weight is 303 g/mol. The van der Waals surface area contributed by atoms with Crippen LogP contribution in [-0.2, 0) is 6.67 Å². The molecule has 0 amide bonds. The van der Waals surface area contributed by atoms with Gasteiger partial charge < -0.3 is 9.47 Å². The summed E-state index contributed by atoms with van der Waals surface area (Å²) in [6, 6.07) is 5.62. The molecule has 1 fully saturated rings. The van der Waals surface area contributed by atoms with Crippen molar-refractivity contribution in [2.45, 2.75) is 25.9 Å². The van der Waals surface area contributed by atoms with E-state index in [4.69, 9.17) is 9.47 Å². The Morgan fingerprint density at radius 3 is 2.55 bits per heavy atom. The van der Waals surface area contributed by atoms with Crippen LogP contribution < -0.4 is 9.47 Å². The van der Waals surface area contributed by atoms with E-state index in [1.54, 1.807) is 19.0 Å². The fourth-order valence-corrected chi connectivity index (χ4v) is 2.67. The summed E-state index contributed by atoms with van der Waals surface area (Å²) < 4.78 is 10.6. The highest BCUT2D eigenvalue weighted by atomic mass is 16.5. The van der Waals surface area contributed by atoms with E-state index >= 15 is 0 Å². The number of aromatic nitrogens is 4. The van der Waals surface area contributed by atoms with Crippen molar-refractivity contribution in [1.82, 2.24) is 25.1 Å². The third-order valence-corrected chi connectivity index (χ3v) is 3.87. The summed E-state index contributed by atoms with van der Waals surface area (Å²) in [4.78, 5) is 4.00. The second kappa shape index (κ2) is 6.74. The smallest absolute Gasteiger partial charge is 0.205 e. The quantitative estimate of drug-likeness (QED) is 0.839. The number of hydrogen-bond acceptors (Lipinski definition) is 6. The van der Waals surface area contributed by atoms with Gasteiger partial charge in [-0.05, 0) is 49.3 Å². The molecule has 0 N–H and O–H groups in total. The Bertz CT molecular complexity index is 622. The van der Waals surface area contributed by atoms with Crippen LogP contribution in [0.2, 0.25) is 0 Å². The monoisotopic (exact) mass is 303 g/mol. The van der Waals surface area contributed by atoms with Gasteiger partial charge in [-0.25, -0.2) is 0 Å². The summed E-state index contributed by atoms with van der Waals surface area (Å²) in [5, 5.41) is 12.8. The van der Waals surface area contributed by atoms with E-state index in [9.17, 15) is 0 Å². The highest BCUT2D eigenvalue weighted by Gasteiger charge is 2.14. The molecule has 0 unspecified atom stereocenters. The minimum atomic E-state index is 0.595. The Balaban J connectivity index is 1.75. The van der Waals surface area contributed by atoms with Crippen molar-refractivity contribution in [3.63, 3.8) is 0 Å². The Hall–Kier alpha value is -2.15. The third kappa shape index (κ3) is 3.19. The molecule has 0 bridgehead atoms. The van der Waals surface area contributed by atoms with Crippen LogP contribution in [0.15, 0.2) is 18.2 Å². The summed E-state index contributed by atoms with van der Waals surface area (Å²) >= 11 is 0. The zero-order chi connectivity index (χ0) is 15.4. The number of nitrogens with zero attached hydrogens (tertiary/aromatic N) is 5. The minimum absolute atomic E-state index is 0.595. The summed E-state index contributed by atoms with van der Waals surface area (Å²) in [7, 11) is 3.23. The number of benzene rings is 1. The van der Waals surface area contributed by atoms with Gasteiger partial charge in [0.05, 0.1) is 14.2 Å². The molecule has 0 saturated carbocycles. The van der Waals surface area contributed by atoms with Crippen LogP contribution in [-0.4, -0.2) is 52.4 Å². The molecule has 118 valence electrons. The zero-order valence-electron chi connectivity index (χ0n) is 13.0. The van der Waals surface area contributed by atoms with Crippen LogP contribution in [0.3, 0.4) is 0 Å². The third-order valence-electron chi connectivity index (χ3n) is 3.87. The van der Waals surface area contributed by atoms with E-state index in [2.05, 4.69) is 20.3 Å². The van der Waals surface area contributed by atoms with Crippen LogP contribution in [0.1, 0.15) is 19.3 Å². The number of tetrazole rings is 1. The largest absolute Gasteiger partial charge is 0.493 e. The normalized spacial score (nSPS) is 15.7. The van der Waals surface area contributed by atoms with Gasteiger partial charge in [0.25, 0.3) is 0 Å². The van der Waals surface area contributed by atoms with E-state index in [1.165, 1.54) is 19.3 Å². The number of ether oxygens (including phenoxy) is 2. The fraction of sp³-hybridized carbons (Fsp3) is 0.533. The summed E-state index contributed by atoms with van der Waals surface area (Å²) in [6.07, 6.45) is 3.81. The first kappa shape index (κ1) is 14.8. The van der Waals surface area contributed by atoms with Crippen LogP contribution >= 0.6 is 0 Å². The number of rotatable bonds is 5. The van der Waals surface area contributed by atoms with Crippen molar-refractivity contribution in [1.29, 1.82) is 0 Å². The molecule has 7 nitrogen and oxygen atoms in total. The molecule has 1 aromatic heterocycles. The Morgan fingerprint density at radius 1 is 1.05 bits per heavy atom. The molecular formula is C15H21N5O2. The number of methoxy groups -OCH3 is 2. The Morgan fingerprint density at radius 2 is 1.82 bits per heavy atom.